The number of carbonyl (C=O) groups excluding carboxylic acids is 2. The van der Waals surface area contributed by atoms with Crippen molar-refractivity contribution in [3.8, 4) is 0 Å². The highest BCUT2D eigenvalue weighted by molar-refractivity contribution is 5.93. The average molecular weight is 610 g/mol. The Bertz CT molecular complexity index is 1490. The Kier molecular flexibility index (Phi) is 8.79. The zero-order valence-electron chi connectivity index (χ0n) is 25.9. The lowest BCUT2D eigenvalue weighted by molar-refractivity contribution is -0.169. The number of ether oxygens (including phenoxy) is 2. The first kappa shape index (κ1) is 29.8. The van der Waals surface area contributed by atoms with Crippen molar-refractivity contribution in [3.63, 3.8) is 0 Å². The number of esters is 1. The fraction of sp³-hybridized carbons (Fsp3) is 0.528. The molecule has 0 aliphatic heterocycles. The van der Waals surface area contributed by atoms with Crippen molar-refractivity contribution in [2.75, 3.05) is 0 Å². The number of hydrogen-bond donors (Lipinski definition) is 2. The molecular formula is C36H43N5O4. The summed E-state index contributed by atoms with van der Waals surface area (Å²) in [6.45, 7) is 0.774. The van der Waals surface area contributed by atoms with Crippen LogP contribution in [0.1, 0.15) is 120 Å². The summed E-state index contributed by atoms with van der Waals surface area (Å²) in [4.78, 5) is 34.2. The van der Waals surface area contributed by atoms with Gasteiger partial charge in [-0.15, -0.1) is 0 Å². The molecule has 3 aromatic rings. The average Bonchev–Trinajstić information content (AvgIpc) is 3.50. The van der Waals surface area contributed by atoms with Crippen LogP contribution < -0.4 is 5.43 Å². The number of aromatic amines is 1. The molecule has 5 aliphatic rings. The molecule has 2 N–H and O–H groups in total. The van der Waals surface area contributed by atoms with Crippen molar-refractivity contribution in [1.82, 2.24) is 15.4 Å². The lowest BCUT2D eigenvalue weighted by Gasteiger charge is -2.56. The van der Waals surface area contributed by atoms with Crippen LogP contribution in [0.2, 0.25) is 0 Å². The summed E-state index contributed by atoms with van der Waals surface area (Å²) in [7, 11) is 0. The summed E-state index contributed by atoms with van der Waals surface area (Å²) >= 11 is 0. The Hall–Kier alpha value is -3.85. The summed E-state index contributed by atoms with van der Waals surface area (Å²) in [5.41, 5.74) is 5.77. The number of benzene rings is 2. The molecule has 9 nitrogen and oxygen atoms in total. The maximum Gasteiger partial charge on any atom is 0.338 e. The zero-order valence-corrected chi connectivity index (χ0v) is 25.9. The van der Waals surface area contributed by atoms with Gasteiger partial charge < -0.3 is 14.5 Å². The lowest BCUT2D eigenvalue weighted by Crippen LogP contribution is -2.51. The number of H-pyrrole nitrogens is 1. The van der Waals surface area contributed by atoms with Gasteiger partial charge in [-0.2, -0.15) is 5.11 Å². The smallest absolute Gasteiger partial charge is 0.338 e. The highest BCUT2D eigenvalue weighted by Gasteiger charge is 2.51. The standard InChI is InChI=1S/C36H43N5O4/c42-34(40-41-37-21-25-10-7-13-30(17-25)35(43)44-22-24-8-3-1-4-9-24)32-31(38-33(39-32)29-11-5-2-6-12-29)23-45-36-18-26-14-27(19-36)16-28(15-26)20-36/h1,3-4,7-10,13,17,26-29H,2,5-6,11-12,14-16,18-23H2,(H,38,39)(H,37,40,42). The molecule has 0 unspecified atom stereocenters. The van der Waals surface area contributed by atoms with Crippen LogP contribution in [0.5, 0.6) is 0 Å². The molecule has 236 valence electrons. The largest absolute Gasteiger partial charge is 0.457 e. The van der Waals surface area contributed by atoms with Gasteiger partial charge in [-0.3, -0.25) is 4.79 Å². The van der Waals surface area contributed by atoms with Crippen molar-refractivity contribution in [2.24, 2.45) is 28.1 Å². The molecule has 1 aromatic heterocycles. The summed E-state index contributed by atoms with van der Waals surface area (Å²) in [5, 5.41) is 8.16. The van der Waals surface area contributed by atoms with E-state index < -0.39 is 5.97 Å². The van der Waals surface area contributed by atoms with Crippen molar-refractivity contribution in [3.05, 3.63) is 88.5 Å². The molecule has 1 amide bonds. The SMILES string of the molecule is O=C(OCc1ccccc1)c1cccc(CN=NNC(=O)c2nc(C3CCCCC3)[nH]c2COC23CC4CC(CC(C4)C2)C3)c1. The van der Waals surface area contributed by atoms with Crippen LogP contribution in [-0.4, -0.2) is 27.4 Å². The number of carbonyl (C=O) groups is 2. The molecule has 9 heteroatoms. The van der Waals surface area contributed by atoms with Crippen molar-refractivity contribution < 1.29 is 19.1 Å². The molecule has 2 aromatic carbocycles. The minimum atomic E-state index is -0.401. The summed E-state index contributed by atoms with van der Waals surface area (Å²) in [5.74, 6) is 2.81. The number of nitrogens with one attached hydrogen (secondary N) is 2. The van der Waals surface area contributed by atoms with E-state index in [1.807, 2.05) is 36.4 Å². The Balaban J connectivity index is 0.980. The van der Waals surface area contributed by atoms with Gasteiger partial charge in [0, 0.05) is 5.92 Å². The van der Waals surface area contributed by atoms with Gasteiger partial charge in [0.05, 0.1) is 30.0 Å². The molecule has 5 saturated carbocycles. The third kappa shape index (κ3) is 7.03. The molecule has 0 atom stereocenters. The van der Waals surface area contributed by atoms with Gasteiger partial charge in [0.1, 0.15) is 12.4 Å². The lowest BCUT2D eigenvalue weighted by atomic mass is 9.54. The number of aromatic nitrogens is 2. The van der Waals surface area contributed by atoms with Gasteiger partial charge >= 0.3 is 5.97 Å². The van der Waals surface area contributed by atoms with Crippen molar-refractivity contribution in [2.45, 2.75) is 102 Å². The molecule has 0 saturated heterocycles. The van der Waals surface area contributed by atoms with E-state index in [2.05, 4.69) is 20.7 Å². The molecule has 4 bridgehead atoms. The molecule has 5 fully saturated rings. The van der Waals surface area contributed by atoms with E-state index in [0.29, 0.717) is 23.8 Å². The Morgan fingerprint density at radius 2 is 1.60 bits per heavy atom. The second-order valence-electron chi connectivity index (χ2n) is 13.8. The van der Waals surface area contributed by atoms with Crippen LogP contribution in [-0.2, 0) is 29.2 Å². The fourth-order valence-electron chi connectivity index (χ4n) is 8.58. The molecule has 1 heterocycles. The highest BCUT2D eigenvalue weighted by atomic mass is 16.5. The van der Waals surface area contributed by atoms with Gasteiger partial charge in [-0.1, -0.05) is 67.0 Å². The van der Waals surface area contributed by atoms with Gasteiger partial charge in [-0.05, 0) is 92.4 Å². The van der Waals surface area contributed by atoms with Crippen LogP contribution >= 0.6 is 0 Å². The predicted molar refractivity (Wildman–Crippen MR) is 168 cm³/mol. The molecular weight excluding hydrogens is 566 g/mol. The van der Waals surface area contributed by atoms with E-state index in [9.17, 15) is 9.59 Å². The maximum absolute atomic E-state index is 13.4. The Morgan fingerprint density at radius 1 is 0.889 bits per heavy atom. The number of imidazole rings is 1. The van der Waals surface area contributed by atoms with Crippen LogP contribution in [0.4, 0.5) is 0 Å². The normalized spacial score (nSPS) is 25.9. The zero-order chi connectivity index (χ0) is 30.6. The first-order chi connectivity index (χ1) is 22.0. The van der Waals surface area contributed by atoms with Gasteiger partial charge in [0.15, 0.2) is 5.69 Å². The number of nitrogens with zero attached hydrogens (tertiary/aromatic N) is 3. The van der Waals surface area contributed by atoms with Crippen molar-refractivity contribution in [1.29, 1.82) is 0 Å². The van der Waals surface area contributed by atoms with Crippen LogP contribution in [0, 0.1) is 17.8 Å². The molecule has 0 spiro atoms. The maximum atomic E-state index is 13.4. The Labute approximate surface area is 264 Å². The van der Waals surface area contributed by atoms with Crippen LogP contribution in [0.15, 0.2) is 64.9 Å². The van der Waals surface area contributed by atoms with Gasteiger partial charge in [0.2, 0.25) is 0 Å². The quantitative estimate of drug-likeness (QED) is 0.132. The first-order valence-electron chi connectivity index (χ1n) is 16.7. The van der Waals surface area contributed by atoms with Crippen LogP contribution in [0.3, 0.4) is 0 Å². The highest BCUT2D eigenvalue weighted by Crippen LogP contribution is 2.57. The van der Waals surface area contributed by atoms with E-state index in [-0.39, 0.29) is 24.7 Å². The van der Waals surface area contributed by atoms with Gasteiger partial charge in [-0.25, -0.2) is 15.2 Å². The second-order valence-corrected chi connectivity index (χ2v) is 13.8. The molecule has 8 rings (SSSR count). The van der Waals surface area contributed by atoms with E-state index in [1.54, 1.807) is 18.2 Å². The number of amides is 1. The van der Waals surface area contributed by atoms with E-state index in [0.717, 1.165) is 72.5 Å². The minimum absolute atomic E-state index is 0.0547. The van der Waals surface area contributed by atoms with Gasteiger partial charge in [0.25, 0.3) is 5.91 Å². The number of hydrogen-bond acceptors (Lipinski definition) is 7. The third-order valence-corrected chi connectivity index (χ3v) is 10.4. The van der Waals surface area contributed by atoms with E-state index in [1.165, 1.54) is 38.5 Å². The summed E-state index contributed by atoms with van der Waals surface area (Å²) < 4.78 is 12.2. The van der Waals surface area contributed by atoms with Crippen LogP contribution in [0.25, 0.3) is 0 Å². The monoisotopic (exact) mass is 609 g/mol. The molecule has 5 aliphatic carbocycles. The van der Waals surface area contributed by atoms with E-state index in [4.69, 9.17) is 14.5 Å². The molecule has 0 radical (unpaired) electrons. The van der Waals surface area contributed by atoms with E-state index >= 15 is 0 Å². The van der Waals surface area contributed by atoms with Crippen molar-refractivity contribution >= 4 is 11.9 Å². The third-order valence-electron chi connectivity index (χ3n) is 10.4. The second kappa shape index (κ2) is 13.3. The summed E-state index contributed by atoms with van der Waals surface area (Å²) in [6, 6.07) is 16.7. The first-order valence-corrected chi connectivity index (χ1v) is 16.7. The Morgan fingerprint density at radius 3 is 2.33 bits per heavy atom. The summed E-state index contributed by atoms with van der Waals surface area (Å²) in [6.07, 6.45) is 13.3. The molecule has 45 heavy (non-hydrogen) atoms. The fourth-order valence-corrected chi connectivity index (χ4v) is 8.58. The number of rotatable bonds is 11. The topological polar surface area (TPSA) is 118 Å². The predicted octanol–water partition coefficient (Wildman–Crippen LogP) is 7.60. The minimum Gasteiger partial charge on any atom is -0.457 e.